The predicted octanol–water partition coefficient (Wildman–Crippen LogP) is 1.63. The van der Waals surface area contributed by atoms with Gasteiger partial charge in [-0.2, -0.15) is 8.42 Å². The smallest absolute Gasteiger partial charge is 0.409 e. The van der Waals surface area contributed by atoms with Crippen LogP contribution >= 0.6 is 0 Å². The second-order valence-corrected chi connectivity index (χ2v) is 9.98. The molecule has 1 fully saturated rings. The molecule has 0 atom stereocenters. The van der Waals surface area contributed by atoms with E-state index < -0.39 is 25.8 Å². The highest BCUT2D eigenvalue weighted by molar-refractivity contribution is 8.03. The van der Waals surface area contributed by atoms with Crippen molar-refractivity contribution < 1.29 is 22.2 Å². The van der Waals surface area contributed by atoms with Crippen molar-refractivity contribution in [3.05, 3.63) is 29.8 Å². The van der Waals surface area contributed by atoms with Gasteiger partial charge in [0.05, 0.1) is 26.1 Å². The number of hydrogen-bond donors (Lipinski definition) is 0. The van der Waals surface area contributed by atoms with Crippen molar-refractivity contribution in [3.63, 3.8) is 0 Å². The van der Waals surface area contributed by atoms with E-state index in [1.165, 1.54) is 17.0 Å². The largest absolute Gasteiger partial charge is 0.448 e. The molecule has 9 heteroatoms. The fourth-order valence-corrected chi connectivity index (χ4v) is 6.26. The maximum absolute atomic E-state index is 12.7. The summed E-state index contributed by atoms with van der Waals surface area (Å²) in [5.41, 5.74) is 0.916. The predicted molar refractivity (Wildman–Crippen MR) is 95.0 cm³/mol. The quantitative estimate of drug-likeness (QED) is 0.581. The van der Waals surface area contributed by atoms with Crippen LogP contribution in [0, 0.1) is 19.3 Å². The second-order valence-electron chi connectivity index (χ2n) is 5.60. The van der Waals surface area contributed by atoms with Crippen LogP contribution in [0.4, 0.5) is 4.79 Å². The lowest BCUT2D eigenvalue weighted by molar-refractivity contribution is 0.108. The Morgan fingerprint density at radius 3 is 2.48 bits per heavy atom. The number of sulfonamides is 1. The van der Waals surface area contributed by atoms with E-state index in [2.05, 4.69) is 9.69 Å². The Labute approximate surface area is 148 Å². The Hall–Kier alpha value is -2.05. The maximum Gasteiger partial charge on any atom is 0.409 e. The molecular weight excluding hydrogens is 364 g/mol. The first-order valence-corrected chi connectivity index (χ1v) is 11.0. The molecule has 0 aromatic heterocycles. The number of ether oxygens (including phenoxy) is 1. The Kier molecular flexibility index (Phi) is 6.08. The summed E-state index contributed by atoms with van der Waals surface area (Å²) in [4.78, 5) is 13.2. The average Bonchev–Trinajstić information content (AvgIpc) is 2.55. The lowest BCUT2D eigenvalue weighted by atomic mass is 10.2. The normalized spacial score (nSPS) is 16.7. The number of terminal acetylenes is 1. The molecule has 0 saturated carbocycles. The summed E-state index contributed by atoms with van der Waals surface area (Å²) < 4.78 is 46.1. The molecule has 0 N–H and O–H groups in total. The maximum atomic E-state index is 12.7. The molecule has 136 valence electrons. The lowest BCUT2D eigenvalue weighted by Crippen LogP contribution is -2.44. The van der Waals surface area contributed by atoms with E-state index in [4.69, 9.17) is 11.2 Å². The first-order valence-electron chi connectivity index (χ1n) is 7.66. The molecule has 0 bridgehead atoms. The molecule has 25 heavy (non-hydrogen) atoms. The summed E-state index contributed by atoms with van der Waals surface area (Å²) in [5, 5.41) is 0. The highest BCUT2D eigenvalue weighted by Crippen LogP contribution is 2.18. The van der Waals surface area contributed by atoms with Crippen LogP contribution in [0.5, 0.6) is 0 Å². The third kappa shape index (κ3) is 5.21. The third-order valence-electron chi connectivity index (χ3n) is 3.64. The zero-order valence-electron chi connectivity index (χ0n) is 13.9. The van der Waals surface area contributed by atoms with Crippen LogP contribution in [0.25, 0.3) is 0 Å². The number of benzene rings is 1. The Morgan fingerprint density at radius 2 is 1.92 bits per heavy atom. The second kappa shape index (κ2) is 7.89. The highest BCUT2D eigenvalue weighted by Gasteiger charge is 2.27. The molecule has 1 heterocycles. The van der Waals surface area contributed by atoms with Gasteiger partial charge in [-0.25, -0.2) is 9.00 Å². The van der Waals surface area contributed by atoms with Gasteiger partial charge in [0.1, 0.15) is 6.61 Å². The number of carbonyl (C=O) groups excluding carboxylic acids is 1. The highest BCUT2D eigenvalue weighted by atomic mass is 32.3. The molecule has 1 aromatic carbocycles. The van der Waals surface area contributed by atoms with Gasteiger partial charge < -0.3 is 9.64 Å². The van der Waals surface area contributed by atoms with Crippen molar-refractivity contribution in [1.82, 2.24) is 4.90 Å². The number of carbonyl (C=O) groups is 1. The van der Waals surface area contributed by atoms with Gasteiger partial charge in [-0.1, -0.05) is 17.7 Å². The van der Waals surface area contributed by atoms with Crippen molar-refractivity contribution in [1.29, 1.82) is 0 Å². The summed E-state index contributed by atoms with van der Waals surface area (Å²) in [6, 6.07) is 6.19. The molecule has 2 rings (SSSR count). The minimum absolute atomic E-state index is 0.0111. The van der Waals surface area contributed by atoms with E-state index in [1.807, 2.05) is 6.92 Å². The lowest BCUT2D eigenvalue weighted by Gasteiger charge is -2.27. The van der Waals surface area contributed by atoms with Crippen molar-refractivity contribution >= 4 is 25.8 Å². The molecule has 0 aliphatic carbocycles. The van der Waals surface area contributed by atoms with Gasteiger partial charge in [0.25, 0.3) is 10.0 Å². The van der Waals surface area contributed by atoms with Gasteiger partial charge in [-0.3, -0.25) is 0 Å². The van der Waals surface area contributed by atoms with Crippen LogP contribution < -0.4 is 0 Å². The number of aryl methyl sites for hydroxylation is 1. The fourth-order valence-electron chi connectivity index (χ4n) is 2.20. The van der Waals surface area contributed by atoms with Crippen molar-refractivity contribution in [2.45, 2.75) is 18.2 Å². The zero-order chi connectivity index (χ0) is 18.5. The van der Waals surface area contributed by atoms with E-state index >= 15 is 0 Å². The zero-order valence-corrected chi connectivity index (χ0v) is 15.5. The number of hydrogen-bond acceptors (Lipinski definition) is 5. The van der Waals surface area contributed by atoms with Gasteiger partial charge in [0.2, 0.25) is 0 Å². The molecule has 7 nitrogen and oxygen atoms in total. The van der Waals surface area contributed by atoms with Crippen LogP contribution in [-0.2, 0) is 24.5 Å². The minimum Gasteiger partial charge on any atom is -0.448 e. The van der Waals surface area contributed by atoms with Gasteiger partial charge in [-0.05, 0) is 19.1 Å². The standard InChI is InChI=1S/C16H20N2O5S2/c1-3-4-11-23-16(19)18-9-12-24(20,13-10-18)17-25(21,22)15-7-5-14(2)6-8-15/h1,5-8H,4,9-13H2,2H3. The van der Waals surface area contributed by atoms with Gasteiger partial charge in [-0.15, -0.1) is 16.1 Å². The molecule has 1 aromatic rings. The average molecular weight is 384 g/mol. The Balaban J connectivity index is 2.07. The summed E-state index contributed by atoms with van der Waals surface area (Å²) in [6.07, 6.45) is 4.86. The molecule has 0 radical (unpaired) electrons. The molecular formula is C16H20N2O5S2. The van der Waals surface area contributed by atoms with E-state index in [1.54, 1.807) is 12.1 Å². The molecule has 1 aliphatic heterocycles. The number of nitrogens with zero attached hydrogens (tertiary/aromatic N) is 2. The third-order valence-corrected chi connectivity index (χ3v) is 8.02. The topological polar surface area (TPSA) is 93.1 Å². The van der Waals surface area contributed by atoms with Gasteiger partial charge in [0, 0.05) is 19.5 Å². The number of rotatable bonds is 4. The van der Waals surface area contributed by atoms with E-state index in [0.717, 1.165) is 5.56 Å². The summed E-state index contributed by atoms with van der Waals surface area (Å²) >= 11 is 0. The van der Waals surface area contributed by atoms with Gasteiger partial charge >= 0.3 is 6.09 Å². The molecule has 0 spiro atoms. The van der Waals surface area contributed by atoms with Crippen LogP contribution in [0.15, 0.2) is 32.9 Å². The van der Waals surface area contributed by atoms with Gasteiger partial charge in [0.15, 0.2) is 0 Å². The first kappa shape index (κ1) is 19.3. The van der Waals surface area contributed by atoms with E-state index in [0.29, 0.717) is 6.42 Å². The summed E-state index contributed by atoms with van der Waals surface area (Å²) in [5.74, 6) is 2.34. The summed E-state index contributed by atoms with van der Waals surface area (Å²) in [6.45, 7) is 2.21. The fraction of sp³-hybridized carbons (Fsp3) is 0.438. The Bertz CT molecular complexity index is 877. The molecule has 0 unspecified atom stereocenters. The minimum atomic E-state index is -4.00. The van der Waals surface area contributed by atoms with Crippen LogP contribution in [-0.4, -0.2) is 54.8 Å². The summed E-state index contributed by atoms with van der Waals surface area (Å²) in [7, 11) is -6.94. The molecule has 1 saturated heterocycles. The van der Waals surface area contributed by atoms with Crippen molar-refractivity contribution in [3.8, 4) is 12.3 Å². The van der Waals surface area contributed by atoms with Crippen LogP contribution in [0.2, 0.25) is 0 Å². The van der Waals surface area contributed by atoms with Crippen LogP contribution in [0.1, 0.15) is 12.0 Å². The number of amides is 1. The molecule has 1 amide bonds. The molecule has 1 aliphatic rings. The Morgan fingerprint density at radius 1 is 1.32 bits per heavy atom. The monoisotopic (exact) mass is 384 g/mol. The SMILES string of the molecule is C#CCCOC(=O)N1CCS(=O)(=NS(=O)(=O)c2ccc(C)cc2)CC1. The van der Waals surface area contributed by atoms with E-state index in [-0.39, 0.29) is 36.1 Å². The van der Waals surface area contributed by atoms with Crippen molar-refractivity contribution in [2.75, 3.05) is 31.2 Å². The van der Waals surface area contributed by atoms with Crippen LogP contribution in [0.3, 0.4) is 0 Å². The first-order chi connectivity index (χ1) is 11.8. The van der Waals surface area contributed by atoms with E-state index in [9.17, 15) is 17.4 Å². The van der Waals surface area contributed by atoms with Crippen molar-refractivity contribution in [2.24, 2.45) is 3.77 Å².